The Kier molecular flexibility index (Phi) is 5.23. The molecule has 1 aromatic rings. The summed E-state index contributed by atoms with van der Waals surface area (Å²) >= 11 is 0. The van der Waals surface area contributed by atoms with E-state index in [4.69, 9.17) is 5.73 Å². The summed E-state index contributed by atoms with van der Waals surface area (Å²) in [6, 6.07) is 7.96. The molecular formula is C17H27N3O. The van der Waals surface area contributed by atoms with E-state index in [-0.39, 0.29) is 5.91 Å². The lowest BCUT2D eigenvalue weighted by atomic mass is 9.87. The van der Waals surface area contributed by atoms with E-state index in [1.807, 2.05) is 31.3 Å². The average molecular weight is 289 g/mol. The number of hydrogen-bond acceptors (Lipinski definition) is 3. The van der Waals surface area contributed by atoms with Crippen LogP contribution < -0.4 is 10.6 Å². The molecule has 0 aliphatic heterocycles. The first-order chi connectivity index (χ1) is 9.97. The van der Waals surface area contributed by atoms with E-state index in [2.05, 4.69) is 18.9 Å². The second-order valence-corrected chi connectivity index (χ2v) is 6.37. The highest BCUT2D eigenvalue weighted by molar-refractivity contribution is 5.94. The van der Waals surface area contributed by atoms with E-state index < -0.39 is 0 Å². The van der Waals surface area contributed by atoms with Gasteiger partial charge in [0.1, 0.15) is 0 Å². The van der Waals surface area contributed by atoms with Crippen LogP contribution in [0.4, 0.5) is 11.4 Å². The van der Waals surface area contributed by atoms with Gasteiger partial charge < -0.3 is 10.6 Å². The Morgan fingerprint density at radius 1 is 1.14 bits per heavy atom. The molecule has 1 aliphatic carbocycles. The Bertz CT molecular complexity index is 463. The van der Waals surface area contributed by atoms with Gasteiger partial charge in [-0.05, 0) is 62.9 Å². The molecule has 4 heteroatoms. The normalized spacial score (nSPS) is 22.3. The van der Waals surface area contributed by atoms with E-state index in [1.54, 1.807) is 4.90 Å². The molecule has 0 spiro atoms. The molecule has 2 N–H and O–H groups in total. The summed E-state index contributed by atoms with van der Waals surface area (Å²) in [5.74, 6) is 0.962. The molecule has 4 nitrogen and oxygen atoms in total. The molecule has 1 amide bonds. The molecule has 21 heavy (non-hydrogen) atoms. The summed E-state index contributed by atoms with van der Waals surface area (Å²) in [6.45, 7) is 2.79. The zero-order chi connectivity index (χ0) is 15.4. The first-order valence-electron chi connectivity index (χ1n) is 7.79. The molecule has 1 aliphatic rings. The highest BCUT2D eigenvalue weighted by atomic mass is 16.2. The maximum absolute atomic E-state index is 12.4. The van der Waals surface area contributed by atoms with Gasteiger partial charge in [-0.15, -0.1) is 0 Å². The molecule has 1 fully saturated rings. The first kappa shape index (κ1) is 15.8. The minimum absolute atomic E-state index is 0.126. The number of nitrogens with two attached hydrogens (primary N) is 1. The number of nitrogens with zero attached hydrogens (tertiary/aromatic N) is 2. The Balaban J connectivity index is 1.89. The standard InChI is InChI=1S/C17H27N3O/c1-13-4-8-15(9-5-13)19(2)12-17(21)20(3)16-10-6-14(18)7-11-16/h6-7,10-11,13,15H,4-5,8-9,12,18H2,1-3H3. The second-order valence-electron chi connectivity index (χ2n) is 6.37. The molecule has 0 atom stereocenters. The summed E-state index contributed by atoms with van der Waals surface area (Å²) in [5, 5.41) is 0. The van der Waals surface area contributed by atoms with E-state index in [0.717, 1.165) is 11.6 Å². The zero-order valence-corrected chi connectivity index (χ0v) is 13.4. The van der Waals surface area contributed by atoms with Gasteiger partial charge in [-0.3, -0.25) is 9.69 Å². The highest BCUT2D eigenvalue weighted by Gasteiger charge is 2.24. The fourth-order valence-corrected chi connectivity index (χ4v) is 2.97. The largest absolute Gasteiger partial charge is 0.399 e. The van der Waals surface area contributed by atoms with Crippen LogP contribution in [0.3, 0.4) is 0 Å². The lowest BCUT2D eigenvalue weighted by Gasteiger charge is -2.34. The number of benzene rings is 1. The van der Waals surface area contributed by atoms with Gasteiger partial charge in [0.05, 0.1) is 6.54 Å². The summed E-state index contributed by atoms with van der Waals surface area (Å²) in [5.41, 5.74) is 7.29. The van der Waals surface area contributed by atoms with Crippen molar-refractivity contribution in [2.45, 2.75) is 38.6 Å². The van der Waals surface area contributed by atoms with Crippen LogP contribution >= 0.6 is 0 Å². The second kappa shape index (κ2) is 6.94. The summed E-state index contributed by atoms with van der Waals surface area (Å²) in [4.78, 5) is 16.3. The van der Waals surface area contributed by atoms with Crippen LogP contribution in [-0.4, -0.2) is 37.5 Å². The van der Waals surface area contributed by atoms with Crippen molar-refractivity contribution in [1.29, 1.82) is 0 Å². The monoisotopic (exact) mass is 289 g/mol. The van der Waals surface area contributed by atoms with Crippen molar-refractivity contribution in [3.05, 3.63) is 24.3 Å². The van der Waals surface area contributed by atoms with Crippen LogP contribution in [0.25, 0.3) is 0 Å². The fourth-order valence-electron chi connectivity index (χ4n) is 2.97. The maximum Gasteiger partial charge on any atom is 0.240 e. The van der Waals surface area contributed by atoms with Gasteiger partial charge in [-0.2, -0.15) is 0 Å². The van der Waals surface area contributed by atoms with E-state index in [0.29, 0.717) is 18.3 Å². The quantitative estimate of drug-likeness (QED) is 0.867. The van der Waals surface area contributed by atoms with E-state index in [1.165, 1.54) is 25.7 Å². The van der Waals surface area contributed by atoms with Crippen molar-refractivity contribution in [2.24, 2.45) is 5.92 Å². The van der Waals surface area contributed by atoms with Crippen LogP contribution in [0.15, 0.2) is 24.3 Å². The Labute approximate surface area is 127 Å². The molecule has 0 bridgehead atoms. The fraction of sp³-hybridized carbons (Fsp3) is 0.588. The molecule has 0 heterocycles. The topological polar surface area (TPSA) is 49.6 Å². The SMILES string of the molecule is CC1CCC(N(C)CC(=O)N(C)c2ccc(N)cc2)CC1. The first-order valence-corrected chi connectivity index (χ1v) is 7.79. The highest BCUT2D eigenvalue weighted by Crippen LogP contribution is 2.26. The predicted octanol–water partition coefficient (Wildman–Crippen LogP) is 2.74. The molecule has 0 saturated heterocycles. The van der Waals surface area contributed by atoms with Gasteiger partial charge in [0, 0.05) is 24.5 Å². The van der Waals surface area contributed by atoms with Gasteiger partial charge in [0.2, 0.25) is 5.91 Å². The Morgan fingerprint density at radius 2 is 1.71 bits per heavy atom. The molecule has 0 aromatic heterocycles. The van der Waals surface area contributed by atoms with Crippen molar-refractivity contribution >= 4 is 17.3 Å². The van der Waals surface area contributed by atoms with Gasteiger partial charge in [-0.1, -0.05) is 6.92 Å². The van der Waals surface area contributed by atoms with Gasteiger partial charge in [0.15, 0.2) is 0 Å². The molecule has 116 valence electrons. The molecular weight excluding hydrogens is 262 g/mol. The number of amides is 1. The summed E-state index contributed by atoms with van der Waals surface area (Å²) in [6.07, 6.45) is 4.96. The van der Waals surface area contributed by atoms with Gasteiger partial charge >= 0.3 is 0 Å². The van der Waals surface area contributed by atoms with Crippen LogP contribution in [0.5, 0.6) is 0 Å². The third-order valence-electron chi connectivity index (χ3n) is 4.65. The number of carbonyl (C=O) groups is 1. The predicted molar refractivity (Wildman–Crippen MR) is 88.3 cm³/mol. The molecule has 0 unspecified atom stereocenters. The van der Waals surface area contributed by atoms with Gasteiger partial charge in [0.25, 0.3) is 0 Å². The average Bonchev–Trinajstić information content (AvgIpc) is 2.47. The molecule has 1 saturated carbocycles. The third-order valence-corrected chi connectivity index (χ3v) is 4.65. The third kappa shape index (κ3) is 4.21. The number of rotatable bonds is 4. The van der Waals surface area contributed by atoms with Crippen LogP contribution in [-0.2, 0) is 4.79 Å². The summed E-state index contributed by atoms with van der Waals surface area (Å²) in [7, 11) is 3.89. The molecule has 0 radical (unpaired) electrons. The molecule has 2 rings (SSSR count). The maximum atomic E-state index is 12.4. The van der Waals surface area contributed by atoms with Crippen LogP contribution in [0, 0.1) is 5.92 Å². The lowest BCUT2D eigenvalue weighted by Crippen LogP contribution is -2.42. The van der Waals surface area contributed by atoms with E-state index >= 15 is 0 Å². The number of anilines is 2. The van der Waals surface area contributed by atoms with Crippen LogP contribution in [0.2, 0.25) is 0 Å². The van der Waals surface area contributed by atoms with Crippen molar-refractivity contribution in [1.82, 2.24) is 4.90 Å². The summed E-state index contributed by atoms with van der Waals surface area (Å²) < 4.78 is 0. The van der Waals surface area contributed by atoms with Gasteiger partial charge in [-0.25, -0.2) is 0 Å². The van der Waals surface area contributed by atoms with Crippen molar-refractivity contribution in [2.75, 3.05) is 31.3 Å². The Morgan fingerprint density at radius 3 is 2.29 bits per heavy atom. The number of hydrogen-bond donors (Lipinski definition) is 1. The van der Waals surface area contributed by atoms with E-state index in [9.17, 15) is 4.79 Å². The van der Waals surface area contributed by atoms with Crippen molar-refractivity contribution in [3.8, 4) is 0 Å². The number of carbonyl (C=O) groups excluding carboxylic acids is 1. The Hall–Kier alpha value is -1.55. The number of nitrogen functional groups attached to an aromatic ring is 1. The minimum Gasteiger partial charge on any atom is -0.399 e. The smallest absolute Gasteiger partial charge is 0.240 e. The minimum atomic E-state index is 0.126. The number of likely N-dealkylation sites (N-methyl/N-ethyl adjacent to an activating group) is 2. The van der Waals surface area contributed by atoms with Crippen molar-refractivity contribution in [3.63, 3.8) is 0 Å². The van der Waals surface area contributed by atoms with Crippen LogP contribution in [0.1, 0.15) is 32.6 Å². The lowest BCUT2D eigenvalue weighted by molar-refractivity contribution is -0.119. The zero-order valence-electron chi connectivity index (χ0n) is 13.4. The van der Waals surface area contributed by atoms with Crippen molar-refractivity contribution < 1.29 is 4.79 Å². The molecule has 1 aromatic carbocycles.